The van der Waals surface area contributed by atoms with Gasteiger partial charge in [-0.3, -0.25) is 0 Å². The molecule has 0 radical (unpaired) electrons. The van der Waals surface area contributed by atoms with E-state index in [0.717, 1.165) is 16.7 Å². The van der Waals surface area contributed by atoms with Gasteiger partial charge in [0, 0.05) is 23.9 Å². The van der Waals surface area contributed by atoms with Gasteiger partial charge in [0.1, 0.15) is 17.0 Å². The lowest BCUT2D eigenvalue weighted by Crippen LogP contribution is -2.17. The van der Waals surface area contributed by atoms with E-state index < -0.39 is 6.36 Å². The Morgan fingerprint density at radius 2 is 1.81 bits per heavy atom. The molecule has 0 bridgehead atoms. The highest BCUT2D eigenvalue weighted by Gasteiger charge is 2.31. The number of nitrogens with zero attached hydrogens (tertiary/aromatic N) is 3. The van der Waals surface area contributed by atoms with Crippen molar-refractivity contribution >= 4 is 11.2 Å². The van der Waals surface area contributed by atoms with E-state index in [1.54, 1.807) is 0 Å². The number of hydrogen-bond acceptors (Lipinski definition) is 4. The molecule has 5 nitrogen and oxygen atoms in total. The van der Waals surface area contributed by atoms with Crippen LogP contribution in [0.5, 0.6) is 11.5 Å². The highest BCUT2D eigenvalue weighted by Crippen LogP contribution is 2.36. The third-order valence-electron chi connectivity index (χ3n) is 4.22. The summed E-state index contributed by atoms with van der Waals surface area (Å²) in [4.78, 5) is 9.42. The van der Waals surface area contributed by atoms with Crippen molar-refractivity contribution < 1.29 is 22.6 Å². The minimum atomic E-state index is -4.77. The van der Waals surface area contributed by atoms with Gasteiger partial charge in [-0.05, 0) is 45.4 Å². The van der Waals surface area contributed by atoms with Crippen LogP contribution in [0.15, 0.2) is 24.4 Å². The predicted molar refractivity (Wildman–Crippen MR) is 96.1 cm³/mol. The van der Waals surface area contributed by atoms with Gasteiger partial charge in [0.15, 0.2) is 5.65 Å². The number of methoxy groups -OCH3 is 1. The van der Waals surface area contributed by atoms with Crippen LogP contribution in [0.3, 0.4) is 0 Å². The smallest absolute Gasteiger partial charge is 0.496 e. The normalized spacial score (nSPS) is 12.0. The van der Waals surface area contributed by atoms with E-state index in [-0.39, 0.29) is 17.5 Å². The molecule has 3 aromatic rings. The van der Waals surface area contributed by atoms with E-state index in [0.29, 0.717) is 17.0 Å². The third kappa shape index (κ3) is 3.70. The predicted octanol–water partition coefficient (Wildman–Crippen LogP) is 5.20. The SMILES string of the molecule is COc1cc(OC(F)(F)F)ccc1-c1nc2c(C)cn(C(C)C)c2nc1C. The number of benzene rings is 1. The Balaban J connectivity index is 2.14. The summed E-state index contributed by atoms with van der Waals surface area (Å²) in [5.41, 5.74) is 4.27. The van der Waals surface area contributed by atoms with Crippen molar-refractivity contribution in [3.05, 3.63) is 35.7 Å². The number of aromatic nitrogens is 3. The lowest BCUT2D eigenvalue weighted by atomic mass is 10.1. The van der Waals surface area contributed by atoms with E-state index in [1.165, 1.54) is 25.3 Å². The summed E-state index contributed by atoms with van der Waals surface area (Å²) in [5, 5.41) is 0. The Bertz CT molecular complexity index is 994. The molecule has 0 unspecified atom stereocenters. The summed E-state index contributed by atoms with van der Waals surface area (Å²) in [6.45, 7) is 7.89. The number of aryl methyl sites for hydroxylation is 2. The standard InChI is InChI=1S/C19H20F3N3O2/c1-10(2)25-9-11(3)16-18(25)23-12(4)17(24-16)14-7-6-13(8-15(14)26-5)27-19(20,21)22/h6-10H,1-5H3. The van der Waals surface area contributed by atoms with Gasteiger partial charge >= 0.3 is 6.36 Å². The zero-order valence-electron chi connectivity index (χ0n) is 15.7. The van der Waals surface area contributed by atoms with Crippen LogP contribution in [0, 0.1) is 13.8 Å². The molecular weight excluding hydrogens is 359 g/mol. The summed E-state index contributed by atoms with van der Waals surface area (Å²) in [6, 6.07) is 4.16. The number of fused-ring (bicyclic) bond motifs is 1. The minimum Gasteiger partial charge on any atom is -0.496 e. The van der Waals surface area contributed by atoms with E-state index in [4.69, 9.17) is 9.72 Å². The topological polar surface area (TPSA) is 49.2 Å². The van der Waals surface area contributed by atoms with Crippen molar-refractivity contribution in [2.45, 2.75) is 40.1 Å². The molecule has 144 valence electrons. The van der Waals surface area contributed by atoms with Gasteiger partial charge in [-0.2, -0.15) is 0 Å². The summed E-state index contributed by atoms with van der Waals surface area (Å²) >= 11 is 0. The average Bonchev–Trinajstić information content (AvgIpc) is 2.89. The van der Waals surface area contributed by atoms with Crippen molar-refractivity contribution in [1.82, 2.24) is 14.5 Å². The molecule has 0 aliphatic heterocycles. The van der Waals surface area contributed by atoms with Gasteiger partial charge in [-0.1, -0.05) is 0 Å². The molecule has 8 heteroatoms. The van der Waals surface area contributed by atoms with E-state index in [2.05, 4.69) is 23.6 Å². The molecule has 0 amide bonds. The monoisotopic (exact) mass is 379 g/mol. The molecule has 0 N–H and O–H groups in total. The first-order valence-corrected chi connectivity index (χ1v) is 8.40. The Labute approximate surface area is 154 Å². The van der Waals surface area contributed by atoms with Gasteiger partial charge in [0.2, 0.25) is 0 Å². The van der Waals surface area contributed by atoms with Crippen LogP contribution in [0.25, 0.3) is 22.4 Å². The van der Waals surface area contributed by atoms with Crippen LogP contribution in [-0.4, -0.2) is 28.0 Å². The summed E-state index contributed by atoms with van der Waals surface area (Å²) < 4.78 is 48.7. The number of rotatable bonds is 4. The van der Waals surface area contributed by atoms with E-state index in [1.807, 2.05) is 24.6 Å². The van der Waals surface area contributed by atoms with Gasteiger partial charge in [-0.15, -0.1) is 13.2 Å². The summed E-state index contributed by atoms with van der Waals surface area (Å²) in [6.07, 6.45) is -2.77. The highest BCUT2D eigenvalue weighted by molar-refractivity contribution is 5.81. The molecule has 0 saturated carbocycles. The third-order valence-corrected chi connectivity index (χ3v) is 4.22. The van der Waals surface area contributed by atoms with Crippen molar-refractivity contribution in [1.29, 1.82) is 0 Å². The van der Waals surface area contributed by atoms with Crippen molar-refractivity contribution in [3.63, 3.8) is 0 Å². The zero-order valence-corrected chi connectivity index (χ0v) is 15.7. The lowest BCUT2D eigenvalue weighted by Gasteiger charge is -2.14. The highest BCUT2D eigenvalue weighted by atomic mass is 19.4. The second-order valence-electron chi connectivity index (χ2n) is 6.55. The fourth-order valence-corrected chi connectivity index (χ4v) is 3.00. The fourth-order valence-electron chi connectivity index (χ4n) is 3.00. The van der Waals surface area contributed by atoms with Crippen LogP contribution < -0.4 is 9.47 Å². The first-order valence-electron chi connectivity index (χ1n) is 8.40. The molecule has 3 rings (SSSR count). The first-order chi connectivity index (χ1) is 12.6. The van der Waals surface area contributed by atoms with Gasteiger partial charge in [-0.25, -0.2) is 9.97 Å². The zero-order chi connectivity index (χ0) is 19.9. The fraction of sp³-hybridized carbons (Fsp3) is 0.368. The van der Waals surface area contributed by atoms with Gasteiger partial charge < -0.3 is 14.0 Å². The number of ether oxygens (including phenoxy) is 2. The van der Waals surface area contributed by atoms with Crippen LogP contribution in [0.2, 0.25) is 0 Å². The molecule has 0 fully saturated rings. The van der Waals surface area contributed by atoms with Gasteiger partial charge in [0.25, 0.3) is 0 Å². The molecule has 0 saturated heterocycles. The van der Waals surface area contributed by atoms with Crippen LogP contribution >= 0.6 is 0 Å². The molecule has 0 aliphatic rings. The lowest BCUT2D eigenvalue weighted by molar-refractivity contribution is -0.274. The van der Waals surface area contributed by atoms with Crippen LogP contribution in [-0.2, 0) is 0 Å². The average molecular weight is 379 g/mol. The summed E-state index contributed by atoms with van der Waals surface area (Å²) in [5.74, 6) is -0.119. The molecule has 0 atom stereocenters. The van der Waals surface area contributed by atoms with Crippen molar-refractivity contribution in [3.8, 4) is 22.8 Å². The maximum atomic E-state index is 12.5. The number of halogens is 3. The number of hydrogen-bond donors (Lipinski definition) is 0. The quantitative estimate of drug-likeness (QED) is 0.625. The molecule has 1 aromatic carbocycles. The van der Waals surface area contributed by atoms with E-state index in [9.17, 15) is 13.2 Å². The minimum absolute atomic E-state index is 0.231. The van der Waals surface area contributed by atoms with Crippen LogP contribution in [0.1, 0.15) is 31.1 Å². The number of alkyl halides is 3. The molecule has 27 heavy (non-hydrogen) atoms. The molecular formula is C19H20F3N3O2. The molecule has 2 aromatic heterocycles. The van der Waals surface area contributed by atoms with Crippen molar-refractivity contribution in [2.24, 2.45) is 0 Å². The maximum Gasteiger partial charge on any atom is 0.573 e. The first kappa shape index (κ1) is 19.0. The van der Waals surface area contributed by atoms with Crippen molar-refractivity contribution in [2.75, 3.05) is 7.11 Å². The van der Waals surface area contributed by atoms with Crippen LogP contribution in [0.4, 0.5) is 13.2 Å². The Kier molecular flexibility index (Phi) is 4.75. The van der Waals surface area contributed by atoms with Gasteiger partial charge in [0.05, 0.1) is 18.5 Å². The largest absolute Gasteiger partial charge is 0.573 e. The Morgan fingerprint density at radius 1 is 1.11 bits per heavy atom. The second kappa shape index (κ2) is 6.75. The maximum absolute atomic E-state index is 12.5. The molecule has 0 spiro atoms. The molecule has 0 aliphatic carbocycles. The Hall–Kier alpha value is -2.77. The summed E-state index contributed by atoms with van der Waals surface area (Å²) in [7, 11) is 1.39. The van der Waals surface area contributed by atoms with E-state index >= 15 is 0 Å². The second-order valence-corrected chi connectivity index (χ2v) is 6.55. The Morgan fingerprint density at radius 3 is 2.41 bits per heavy atom. The molecule has 2 heterocycles.